The van der Waals surface area contributed by atoms with E-state index in [0.29, 0.717) is 17.1 Å². The van der Waals surface area contributed by atoms with Gasteiger partial charge in [0.1, 0.15) is 5.75 Å². The first-order valence-electron chi connectivity index (χ1n) is 15.4. The third-order valence-corrected chi connectivity index (χ3v) is 12.8. The second-order valence-electron chi connectivity index (χ2n) is 13.5. The maximum Gasteiger partial charge on any atom is 0.123 e. The number of fused-ring (bicyclic) bond motifs is 6. The Morgan fingerprint density at radius 3 is 2.02 bits per heavy atom. The summed E-state index contributed by atoms with van der Waals surface area (Å²) in [7, 11) is 0. The fourth-order valence-electron chi connectivity index (χ4n) is 8.05. The average molecular weight is 589 g/mol. The van der Waals surface area contributed by atoms with Crippen LogP contribution in [0.1, 0.15) is 75.1 Å². The third kappa shape index (κ3) is 4.47. The lowest BCUT2D eigenvalue weighted by atomic mass is 9.55. The molecule has 2 unspecified atom stereocenters. The Bertz CT molecular complexity index is 1790. The van der Waals surface area contributed by atoms with Crippen LogP contribution in [-0.2, 0) is 5.41 Å². The Morgan fingerprint density at radius 2 is 1.40 bits per heavy atom. The molecule has 0 amide bonds. The molecular weight excluding hydrogens is 549 g/mol. The van der Waals surface area contributed by atoms with E-state index >= 15 is 0 Å². The zero-order valence-corrected chi connectivity index (χ0v) is 27.0. The number of hydrogen-bond acceptors (Lipinski definition) is 3. The van der Waals surface area contributed by atoms with E-state index in [0.717, 1.165) is 24.6 Å². The Balaban J connectivity index is 1.48. The van der Waals surface area contributed by atoms with Gasteiger partial charge in [-0.3, -0.25) is 0 Å². The van der Waals surface area contributed by atoms with Crippen LogP contribution in [0.15, 0.2) is 104 Å². The number of phenolic OH excluding ortho intramolecular Hbond substituents is 1. The molecule has 42 heavy (non-hydrogen) atoms. The molecule has 1 nitrogen and oxygen atoms in total. The second kappa shape index (κ2) is 10.4. The van der Waals surface area contributed by atoms with Gasteiger partial charge in [0, 0.05) is 30.4 Å². The molecule has 0 aromatic heterocycles. The second-order valence-corrected chi connectivity index (χ2v) is 15.6. The van der Waals surface area contributed by atoms with Crippen molar-refractivity contribution in [3.8, 4) is 5.75 Å². The summed E-state index contributed by atoms with van der Waals surface area (Å²) >= 11 is 3.66. The molecule has 7 rings (SSSR count). The summed E-state index contributed by atoms with van der Waals surface area (Å²) in [5.74, 6) is 0.954. The molecular formula is C39H40OS2. The SMILES string of the molecule is Cc1ccccc1Sc1cc2c(O)cc3c(c2cc1Sc1ccccc1C)C1=C(CCC=C1)C31CCC(C)(C)CC1C. The van der Waals surface area contributed by atoms with E-state index in [2.05, 4.69) is 114 Å². The van der Waals surface area contributed by atoms with E-state index in [-0.39, 0.29) is 5.41 Å². The van der Waals surface area contributed by atoms with Gasteiger partial charge >= 0.3 is 0 Å². The molecule has 4 aromatic carbocycles. The lowest BCUT2D eigenvalue weighted by Crippen LogP contribution is -2.42. The Hall–Kier alpha value is -2.88. The van der Waals surface area contributed by atoms with Crippen LogP contribution < -0.4 is 0 Å². The lowest BCUT2D eigenvalue weighted by Gasteiger charge is -2.49. The molecule has 0 saturated heterocycles. The van der Waals surface area contributed by atoms with Gasteiger partial charge in [0.2, 0.25) is 0 Å². The van der Waals surface area contributed by atoms with E-state index in [9.17, 15) is 5.11 Å². The van der Waals surface area contributed by atoms with E-state index in [1.54, 1.807) is 5.57 Å². The molecule has 2 atom stereocenters. The molecule has 1 spiro atoms. The normalized spacial score (nSPS) is 22.5. The summed E-state index contributed by atoms with van der Waals surface area (Å²) < 4.78 is 0. The molecule has 3 heteroatoms. The molecule has 3 aliphatic carbocycles. The zero-order valence-electron chi connectivity index (χ0n) is 25.4. The van der Waals surface area contributed by atoms with Crippen LogP contribution in [0.4, 0.5) is 0 Å². The fourth-order valence-corrected chi connectivity index (χ4v) is 10.2. The standard InChI is InChI=1S/C39H40OS2/c1-24-12-6-10-16-33(24)41-35-20-28-29(21-36(35)42-34-17-11-7-13-25(34)2)37-27-14-8-9-15-30(27)39(31(37)22-32(28)40)19-18-38(4,5)23-26(39)3/h6-8,10-14,16-17,20-22,26,40H,9,15,18-19,23H2,1-5H3. The van der Waals surface area contributed by atoms with Crippen molar-refractivity contribution in [1.29, 1.82) is 0 Å². The number of phenols is 1. The van der Waals surface area contributed by atoms with E-state index in [1.807, 2.05) is 23.5 Å². The van der Waals surface area contributed by atoms with Gasteiger partial charge in [-0.25, -0.2) is 0 Å². The van der Waals surface area contributed by atoms with Gasteiger partial charge in [-0.15, -0.1) is 0 Å². The minimum atomic E-state index is 0.0223. The number of rotatable bonds is 4. The smallest absolute Gasteiger partial charge is 0.123 e. The number of aryl methyl sites for hydroxylation is 2. The summed E-state index contributed by atoms with van der Waals surface area (Å²) in [5.41, 5.74) is 8.74. The number of hydrogen-bond donors (Lipinski definition) is 1. The number of aromatic hydroxyl groups is 1. The maximum absolute atomic E-state index is 11.8. The van der Waals surface area contributed by atoms with Crippen LogP contribution in [0, 0.1) is 25.2 Å². The first kappa shape index (κ1) is 27.9. The van der Waals surface area contributed by atoms with Crippen LogP contribution in [0.25, 0.3) is 16.3 Å². The highest BCUT2D eigenvalue weighted by molar-refractivity contribution is 8.02. The van der Waals surface area contributed by atoms with Crippen molar-refractivity contribution in [3.63, 3.8) is 0 Å². The van der Waals surface area contributed by atoms with E-state index in [4.69, 9.17) is 0 Å². The Labute approximate surface area is 259 Å². The summed E-state index contributed by atoms with van der Waals surface area (Å²) in [5, 5.41) is 14.0. The summed E-state index contributed by atoms with van der Waals surface area (Å²) in [6.45, 7) is 11.7. The highest BCUT2D eigenvalue weighted by Crippen LogP contribution is 2.63. The highest BCUT2D eigenvalue weighted by atomic mass is 32.2. The molecule has 0 aliphatic heterocycles. The van der Waals surface area contributed by atoms with Crippen molar-refractivity contribution in [3.05, 3.63) is 107 Å². The van der Waals surface area contributed by atoms with Gasteiger partial charge in [0.05, 0.1) is 0 Å². The van der Waals surface area contributed by atoms with Gasteiger partial charge in [0.15, 0.2) is 0 Å². The van der Waals surface area contributed by atoms with Crippen LogP contribution in [0.2, 0.25) is 0 Å². The average Bonchev–Trinajstić information content (AvgIpc) is 3.24. The molecule has 214 valence electrons. The predicted octanol–water partition coefficient (Wildman–Crippen LogP) is 11.7. The number of benzene rings is 4. The van der Waals surface area contributed by atoms with Crippen LogP contribution >= 0.6 is 23.5 Å². The van der Waals surface area contributed by atoms with E-state index < -0.39 is 0 Å². The van der Waals surface area contributed by atoms with Gasteiger partial charge in [-0.1, -0.05) is 98.4 Å². The molecule has 0 bridgehead atoms. The zero-order chi connectivity index (χ0) is 29.2. The lowest BCUT2D eigenvalue weighted by molar-refractivity contribution is 0.120. The van der Waals surface area contributed by atoms with Crippen LogP contribution in [0.5, 0.6) is 5.75 Å². The summed E-state index contributed by atoms with van der Waals surface area (Å²) in [6, 6.07) is 24.1. The molecule has 0 heterocycles. The monoisotopic (exact) mass is 588 g/mol. The highest BCUT2D eigenvalue weighted by Gasteiger charge is 2.52. The molecule has 1 N–H and O–H groups in total. The first-order chi connectivity index (χ1) is 20.2. The van der Waals surface area contributed by atoms with Crippen molar-refractivity contribution < 1.29 is 5.11 Å². The van der Waals surface area contributed by atoms with E-state index in [1.165, 1.54) is 65.6 Å². The minimum Gasteiger partial charge on any atom is -0.507 e. The number of allylic oxidation sites excluding steroid dienone is 4. The van der Waals surface area contributed by atoms with Crippen molar-refractivity contribution in [2.75, 3.05) is 0 Å². The molecule has 0 radical (unpaired) electrons. The molecule has 3 aliphatic rings. The molecule has 1 saturated carbocycles. The Kier molecular flexibility index (Phi) is 6.90. The van der Waals surface area contributed by atoms with Crippen LogP contribution in [0.3, 0.4) is 0 Å². The van der Waals surface area contributed by atoms with Crippen LogP contribution in [-0.4, -0.2) is 5.11 Å². The third-order valence-electron chi connectivity index (χ3n) is 10.2. The van der Waals surface area contributed by atoms with Crippen molar-refractivity contribution in [2.45, 2.75) is 91.7 Å². The van der Waals surface area contributed by atoms with Crippen molar-refractivity contribution in [1.82, 2.24) is 0 Å². The van der Waals surface area contributed by atoms with Crippen molar-refractivity contribution >= 4 is 39.9 Å². The predicted molar refractivity (Wildman–Crippen MR) is 180 cm³/mol. The molecule has 4 aromatic rings. The molecule has 1 fully saturated rings. The maximum atomic E-state index is 11.8. The fraction of sp³-hybridized carbons (Fsp3) is 0.333. The van der Waals surface area contributed by atoms with Gasteiger partial charge in [-0.2, -0.15) is 0 Å². The Morgan fingerprint density at radius 1 is 0.786 bits per heavy atom. The topological polar surface area (TPSA) is 20.2 Å². The van der Waals surface area contributed by atoms with Gasteiger partial charge in [-0.05, 0) is 121 Å². The van der Waals surface area contributed by atoms with Gasteiger partial charge in [0.25, 0.3) is 0 Å². The first-order valence-corrected chi connectivity index (χ1v) is 17.0. The summed E-state index contributed by atoms with van der Waals surface area (Å²) in [6.07, 6.45) is 10.6. The quantitative estimate of drug-likeness (QED) is 0.256. The minimum absolute atomic E-state index is 0.0223. The largest absolute Gasteiger partial charge is 0.507 e. The van der Waals surface area contributed by atoms with Crippen molar-refractivity contribution in [2.24, 2.45) is 11.3 Å². The van der Waals surface area contributed by atoms with Gasteiger partial charge < -0.3 is 5.11 Å². The summed E-state index contributed by atoms with van der Waals surface area (Å²) in [4.78, 5) is 4.96.